The lowest BCUT2D eigenvalue weighted by molar-refractivity contribution is 0.399. The Morgan fingerprint density at radius 1 is 1.25 bits per heavy atom. The Morgan fingerprint density at radius 2 is 2.00 bits per heavy atom. The second-order valence-corrected chi connectivity index (χ2v) is 4.98. The molecule has 2 fully saturated rings. The van der Waals surface area contributed by atoms with E-state index in [1.54, 1.807) is 0 Å². The number of hydrogen-bond acceptors (Lipinski definition) is 4. The van der Waals surface area contributed by atoms with Crippen LogP contribution in [0.15, 0.2) is 6.07 Å². The highest BCUT2D eigenvalue weighted by Gasteiger charge is 2.29. The molecule has 0 aromatic carbocycles. The average molecular weight is 218 g/mol. The van der Waals surface area contributed by atoms with E-state index in [2.05, 4.69) is 21.9 Å². The maximum atomic E-state index is 5.84. The minimum Gasteiger partial charge on any atom is -0.384 e. The summed E-state index contributed by atoms with van der Waals surface area (Å²) in [7, 11) is 2.11. The van der Waals surface area contributed by atoms with E-state index in [4.69, 9.17) is 5.73 Å². The third kappa shape index (κ3) is 1.72. The quantitative estimate of drug-likeness (QED) is 0.842. The molecule has 4 nitrogen and oxygen atoms in total. The molecule has 2 aliphatic carbocycles. The molecule has 0 bridgehead atoms. The minimum absolute atomic E-state index is 0.567. The summed E-state index contributed by atoms with van der Waals surface area (Å²) in [6, 6.07) is 2.55. The molecule has 0 amide bonds. The monoisotopic (exact) mass is 218 g/mol. The summed E-state index contributed by atoms with van der Waals surface area (Å²) in [4.78, 5) is 11.2. The van der Waals surface area contributed by atoms with Gasteiger partial charge in [0.2, 0.25) is 0 Å². The summed E-state index contributed by atoms with van der Waals surface area (Å²) in [5, 5.41) is 0. The third-order valence-electron chi connectivity index (χ3n) is 3.68. The van der Waals surface area contributed by atoms with Gasteiger partial charge in [0, 0.05) is 25.1 Å². The van der Waals surface area contributed by atoms with Gasteiger partial charge in [-0.15, -0.1) is 0 Å². The van der Waals surface area contributed by atoms with Crippen molar-refractivity contribution < 1.29 is 0 Å². The van der Waals surface area contributed by atoms with Crippen molar-refractivity contribution in [1.29, 1.82) is 0 Å². The van der Waals surface area contributed by atoms with Crippen molar-refractivity contribution >= 4 is 11.6 Å². The summed E-state index contributed by atoms with van der Waals surface area (Å²) in [5.74, 6) is 3.12. The molecule has 1 aromatic rings. The topological polar surface area (TPSA) is 55.0 Å². The fraction of sp³-hybridized carbons (Fsp3) is 0.667. The van der Waals surface area contributed by atoms with Crippen molar-refractivity contribution in [3.05, 3.63) is 11.9 Å². The van der Waals surface area contributed by atoms with E-state index in [9.17, 15) is 0 Å². The molecule has 2 N–H and O–H groups in total. The molecular formula is C12H18N4. The van der Waals surface area contributed by atoms with Gasteiger partial charge in [-0.1, -0.05) is 0 Å². The van der Waals surface area contributed by atoms with Crippen LogP contribution in [0.5, 0.6) is 0 Å². The zero-order valence-corrected chi connectivity index (χ0v) is 9.69. The van der Waals surface area contributed by atoms with Crippen molar-refractivity contribution in [3.8, 4) is 0 Å². The van der Waals surface area contributed by atoms with Gasteiger partial charge >= 0.3 is 0 Å². The Labute approximate surface area is 95.9 Å². The molecule has 2 saturated carbocycles. The smallest absolute Gasteiger partial charge is 0.136 e. The number of rotatable bonds is 3. The predicted octanol–water partition coefficient (Wildman–Crippen LogP) is 1.92. The van der Waals surface area contributed by atoms with Gasteiger partial charge in [0.25, 0.3) is 0 Å². The zero-order valence-electron chi connectivity index (χ0n) is 9.69. The molecule has 1 aromatic heterocycles. The first-order valence-corrected chi connectivity index (χ1v) is 6.11. The highest BCUT2D eigenvalue weighted by Crippen LogP contribution is 2.39. The molecule has 2 aliphatic rings. The van der Waals surface area contributed by atoms with E-state index in [1.165, 1.54) is 32.1 Å². The molecule has 1 heterocycles. The summed E-state index contributed by atoms with van der Waals surface area (Å²) in [5.41, 5.74) is 5.84. The van der Waals surface area contributed by atoms with Gasteiger partial charge in [-0.3, -0.25) is 0 Å². The largest absolute Gasteiger partial charge is 0.384 e. The first-order chi connectivity index (χ1) is 7.74. The van der Waals surface area contributed by atoms with Gasteiger partial charge in [0.15, 0.2) is 0 Å². The van der Waals surface area contributed by atoms with Crippen molar-refractivity contribution in [3.63, 3.8) is 0 Å². The number of nitrogen functional groups attached to an aromatic ring is 1. The molecular weight excluding hydrogens is 200 g/mol. The molecule has 0 aliphatic heterocycles. The van der Waals surface area contributed by atoms with Gasteiger partial charge in [-0.2, -0.15) is 0 Å². The van der Waals surface area contributed by atoms with Gasteiger partial charge < -0.3 is 10.6 Å². The Balaban J connectivity index is 1.86. The van der Waals surface area contributed by atoms with Crippen LogP contribution in [0.3, 0.4) is 0 Å². The van der Waals surface area contributed by atoms with Crippen molar-refractivity contribution in [2.45, 2.75) is 44.1 Å². The Hall–Kier alpha value is -1.32. The molecule has 0 spiro atoms. The van der Waals surface area contributed by atoms with Crippen LogP contribution in [-0.4, -0.2) is 23.1 Å². The number of nitrogens with zero attached hydrogens (tertiary/aromatic N) is 3. The highest BCUT2D eigenvalue weighted by atomic mass is 15.2. The fourth-order valence-corrected chi connectivity index (χ4v) is 2.14. The molecule has 0 radical (unpaired) electrons. The number of anilines is 2. The fourth-order valence-electron chi connectivity index (χ4n) is 2.14. The molecule has 0 unspecified atom stereocenters. The third-order valence-corrected chi connectivity index (χ3v) is 3.68. The first kappa shape index (κ1) is 9.87. The summed E-state index contributed by atoms with van der Waals surface area (Å²) in [6.45, 7) is 0. The normalized spacial score (nSPS) is 20.6. The zero-order chi connectivity index (χ0) is 11.1. The number of aromatic nitrogens is 2. The standard InChI is InChI=1S/C12H18N4/c1-16(9-3-2-4-9)11-7-10(13)14-12(15-11)8-5-6-8/h7-9H,2-6H2,1H3,(H2,13,14,15). The van der Waals surface area contributed by atoms with Crippen LogP contribution in [-0.2, 0) is 0 Å². The van der Waals surface area contributed by atoms with Gasteiger partial charge in [-0.05, 0) is 32.1 Å². The van der Waals surface area contributed by atoms with Crippen molar-refractivity contribution in [2.75, 3.05) is 17.7 Å². The van der Waals surface area contributed by atoms with E-state index < -0.39 is 0 Å². The maximum Gasteiger partial charge on any atom is 0.136 e. The van der Waals surface area contributed by atoms with E-state index >= 15 is 0 Å². The van der Waals surface area contributed by atoms with Crippen molar-refractivity contribution in [2.24, 2.45) is 0 Å². The molecule has 3 rings (SSSR count). The highest BCUT2D eigenvalue weighted by molar-refractivity contribution is 5.48. The van der Waals surface area contributed by atoms with E-state index in [1.807, 2.05) is 6.07 Å². The molecule has 4 heteroatoms. The van der Waals surface area contributed by atoms with E-state index in [-0.39, 0.29) is 0 Å². The summed E-state index contributed by atoms with van der Waals surface area (Å²) >= 11 is 0. The average Bonchev–Trinajstić information content (AvgIpc) is 2.96. The molecule has 0 atom stereocenters. The number of nitrogens with two attached hydrogens (primary N) is 1. The van der Waals surface area contributed by atoms with Crippen molar-refractivity contribution in [1.82, 2.24) is 9.97 Å². The second kappa shape index (κ2) is 3.61. The molecule has 16 heavy (non-hydrogen) atoms. The number of hydrogen-bond donors (Lipinski definition) is 1. The van der Waals surface area contributed by atoms with Crippen LogP contribution in [0.25, 0.3) is 0 Å². The predicted molar refractivity (Wildman–Crippen MR) is 64.5 cm³/mol. The van der Waals surface area contributed by atoms with Crippen LogP contribution in [0.2, 0.25) is 0 Å². The van der Waals surface area contributed by atoms with E-state index in [0.29, 0.717) is 17.8 Å². The van der Waals surface area contributed by atoms with Crippen LogP contribution < -0.4 is 10.6 Å². The van der Waals surface area contributed by atoms with Gasteiger partial charge in [0.05, 0.1) is 0 Å². The Kier molecular flexibility index (Phi) is 2.23. The van der Waals surface area contributed by atoms with Gasteiger partial charge in [0.1, 0.15) is 17.5 Å². The second-order valence-electron chi connectivity index (χ2n) is 4.98. The van der Waals surface area contributed by atoms with Crippen LogP contribution in [0.4, 0.5) is 11.6 Å². The Morgan fingerprint density at radius 3 is 2.56 bits per heavy atom. The van der Waals surface area contributed by atoms with Crippen LogP contribution in [0, 0.1) is 0 Å². The SMILES string of the molecule is CN(c1cc(N)nc(C2CC2)n1)C1CCC1. The maximum absolute atomic E-state index is 5.84. The first-order valence-electron chi connectivity index (χ1n) is 6.11. The van der Waals surface area contributed by atoms with Crippen LogP contribution >= 0.6 is 0 Å². The summed E-state index contributed by atoms with van der Waals surface area (Å²) < 4.78 is 0. The van der Waals surface area contributed by atoms with Crippen LogP contribution in [0.1, 0.15) is 43.8 Å². The minimum atomic E-state index is 0.567. The lowest BCUT2D eigenvalue weighted by Crippen LogP contribution is -2.37. The lowest BCUT2D eigenvalue weighted by atomic mass is 9.92. The Bertz CT molecular complexity index is 396. The summed E-state index contributed by atoms with van der Waals surface area (Å²) in [6.07, 6.45) is 6.33. The van der Waals surface area contributed by atoms with Gasteiger partial charge in [-0.25, -0.2) is 9.97 Å². The molecule has 0 saturated heterocycles. The van der Waals surface area contributed by atoms with E-state index in [0.717, 1.165) is 11.6 Å². The lowest BCUT2D eigenvalue weighted by Gasteiger charge is -2.35. The molecule has 86 valence electrons.